The fraction of sp³-hybridized carbons (Fsp3) is 0.176. The Kier molecular flexibility index (Phi) is 5.12. The lowest BCUT2D eigenvalue weighted by molar-refractivity contribution is 0.0602. The number of benzene rings is 2. The molecule has 0 aliphatic heterocycles. The average molecular weight is 314 g/mol. The summed E-state index contributed by atoms with van der Waals surface area (Å²) in [4.78, 5) is 11.7. The van der Waals surface area contributed by atoms with Crippen LogP contribution in [-0.2, 0) is 4.74 Å². The summed E-state index contributed by atoms with van der Waals surface area (Å²) >= 11 is 5.32. The average Bonchev–Trinajstić information content (AvgIpc) is 2.50. The van der Waals surface area contributed by atoms with E-state index in [4.69, 9.17) is 17.0 Å². The molecule has 0 aliphatic rings. The van der Waals surface area contributed by atoms with Crippen LogP contribution in [0.25, 0.3) is 0 Å². The van der Waals surface area contributed by atoms with Gasteiger partial charge in [-0.3, -0.25) is 0 Å². The third kappa shape index (κ3) is 3.83. The predicted molar refractivity (Wildman–Crippen MR) is 93.5 cm³/mol. The van der Waals surface area contributed by atoms with Gasteiger partial charge in [-0.05, 0) is 49.8 Å². The normalized spacial score (nSPS) is 9.95. The molecule has 0 aliphatic carbocycles. The van der Waals surface area contributed by atoms with Crippen molar-refractivity contribution in [3.05, 3.63) is 59.2 Å². The number of hydrogen-bond acceptors (Lipinski definition) is 3. The summed E-state index contributed by atoms with van der Waals surface area (Å²) in [7, 11) is 1.35. The molecule has 0 spiro atoms. The van der Waals surface area contributed by atoms with Crippen LogP contribution in [0.1, 0.15) is 21.5 Å². The Morgan fingerprint density at radius 2 is 1.73 bits per heavy atom. The number of methoxy groups -OCH3 is 1. The van der Waals surface area contributed by atoms with E-state index >= 15 is 0 Å². The maximum atomic E-state index is 11.7. The molecule has 0 saturated heterocycles. The zero-order chi connectivity index (χ0) is 16.1. The number of carbonyl (C=O) groups is 1. The van der Waals surface area contributed by atoms with Crippen molar-refractivity contribution in [2.24, 2.45) is 0 Å². The van der Waals surface area contributed by atoms with Gasteiger partial charge in [0.1, 0.15) is 0 Å². The largest absolute Gasteiger partial charge is 0.465 e. The fourth-order valence-corrected chi connectivity index (χ4v) is 2.33. The number of rotatable bonds is 3. The van der Waals surface area contributed by atoms with E-state index in [-0.39, 0.29) is 0 Å². The van der Waals surface area contributed by atoms with E-state index in [0.29, 0.717) is 16.4 Å². The molecule has 4 nitrogen and oxygen atoms in total. The van der Waals surface area contributed by atoms with E-state index in [1.807, 2.05) is 32.0 Å². The van der Waals surface area contributed by atoms with Crippen LogP contribution in [0.2, 0.25) is 0 Å². The van der Waals surface area contributed by atoms with Crippen LogP contribution < -0.4 is 10.6 Å². The summed E-state index contributed by atoms with van der Waals surface area (Å²) < 4.78 is 4.77. The van der Waals surface area contributed by atoms with Crippen LogP contribution in [0.4, 0.5) is 11.4 Å². The van der Waals surface area contributed by atoms with E-state index < -0.39 is 5.97 Å². The van der Waals surface area contributed by atoms with E-state index in [9.17, 15) is 4.79 Å². The first kappa shape index (κ1) is 16.0. The summed E-state index contributed by atoms with van der Waals surface area (Å²) in [5.74, 6) is -0.405. The van der Waals surface area contributed by atoms with Crippen LogP contribution in [0.3, 0.4) is 0 Å². The lowest BCUT2D eigenvalue weighted by atomic mass is 10.1. The topological polar surface area (TPSA) is 50.4 Å². The maximum Gasteiger partial charge on any atom is 0.339 e. The zero-order valence-electron chi connectivity index (χ0n) is 12.8. The molecule has 0 unspecified atom stereocenters. The van der Waals surface area contributed by atoms with Crippen LogP contribution in [0, 0.1) is 13.8 Å². The van der Waals surface area contributed by atoms with Crippen molar-refractivity contribution in [3.63, 3.8) is 0 Å². The smallest absolute Gasteiger partial charge is 0.339 e. The van der Waals surface area contributed by atoms with Crippen molar-refractivity contribution in [1.29, 1.82) is 0 Å². The molecule has 0 heterocycles. The number of nitrogens with one attached hydrogen (secondary N) is 2. The van der Waals surface area contributed by atoms with E-state index in [0.717, 1.165) is 11.3 Å². The molecule has 5 heteroatoms. The molecule has 2 rings (SSSR count). The quantitative estimate of drug-likeness (QED) is 0.665. The first-order chi connectivity index (χ1) is 10.5. The molecule has 0 atom stereocenters. The van der Waals surface area contributed by atoms with Crippen LogP contribution in [0.5, 0.6) is 0 Å². The minimum Gasteiger partial charge on any atom is -0.465 e. The zero-order valence-corrected chi connectivity index (χ0v) is 13.6. The first-order valence-electron chi connectivity index (χ1n) is 6.84. The van der Waals surface area contributed by atoms with Crippen LogP contribution in [-0.4, -0.2) is 18.2 Å². The highest BCUT2D eigenvalue weighted by atomic mass is 32.1. The monoisotopic (exact) mass is 314 g/mol. The van der Waals surface area contributed by atoms with Crippen molar-refractivity contribution in [2.75, 3.05) is 17.7 Å². The molecule has 2 N–H and O–H groups in total. The third-order valence-electron chi connectivity index (χ3n) is 3.21. The number of anilines is 2. The molecular formula is C17H18N2O2S. The Hall–Kier alpha value is -2.40. The van der Waals surface area contributed by atoms with Crippen molar-refractivity contribution >= 4 is 34.7 Å². The van der Waals surface area contributed by atoms with Gasteiger partial charge < -0.3 is 15.4 Å². The number of thiocarbonyl (C=S) groups is 1. The number of hydrogen-bond donors (Lipinski definition) is 2. The molecule has 0 fully saturated rings. The third-order valence-corrected chi connectivity index (χ3v) is 3.41. The minimum absolute atomic E-state index is 0.405. The van der Waals surface area contributed by atoms with Gasteiger partial charge in [0.15, 0.2) is 5.11 Å². The number of ether oxygens (including phenoxy) is 1. The molecule has 0 radical (unpaired) electrons. The molecule has 2 aromatic rings. The fourth-order valence-electron chi connectivity index (χ4n) is 2.11. The Morgan fingerprint density at radius 1 is 1.05 bits per heavy atom. The number of carbonyl (C=O) groups excluding carboxylic acids is 1. The van der Waals surface area contributed by atoms with Crippen molar-refractivity contribution < 1.29 is 9.53 Å². The molecule has 2 aromatic carbocycles. The first-order valence-corrected chi connectivity index (χ1v) is 7.24. The SMILES string of the molecule is COC(=O)c1ccccc1NC(=S)Nc1ccc(C)cc1C. The highest BCUT2D eigenvalue weighted by Gasteiger charge is 2.12. The number of esters is 1. The Bertz CT molecular complexity index is 714. The lowest BCUT2D eigenvalue weighted by Gasteiger charge is -2.14. The maximum absolute atomic E-state index is 11.7. The molecule has 0 bridgehead atoms. The molecular weight excluding hydrogens is 296 g/mol. The summed E-state index contributed by atoms with van der Waals surface area (Å²) in [5.41, 5.74) is 4.27. The van der Waals surface area contributed by atoms with E-state index in [2.05, 4.69) is 16.7 Å². The minimum atomic E-state index is -0.405. The van der Waals surface area contributed by atoms with Gasteiger partial charge in [-0.1, -0.05) is 29.8 Å². The second-order valence-corrected chi connectivity index (χ2v) is 5.34. The van der Waals surface area contributed by atoms with Gasteiger partial charge in [0.05, 0.1) is 18.4 Å². The lowest BCUT2D eigenvalue weighted by Crippen LogP contribution is -2.21. The Morgan fingerprint density at radius 3 is 2.41 bits per heavy atom. The van der Waals surface area contributed by atoms with Crippen molar-refractivity contribution in [3.8, 4) is 0 Å². The van der Waals surface area contributed by atoms with Gasteiger partial charge in [-0.15, -0.1) is 0 Å². The highest BCUT2D eigenvalue weighted by molar-refractivity contribution is 7.80. The standard InChI is InChI=1S/C17H18N2O2S/c1-11-8-9-14(12(2)10-11)18-17(22)19-15-7-5-4-6-13(15)16(20)21-3/h4-10H,1-3H3,(H2,18,19,22). The molecule has 0 saturated carbocycles. The van der Waals surface area contributed by atoms with Gasteiger partial charge in [0.2, 0.25) is 0 Å². The number of aryl methyl sites for hydroxylation is 2. The molecule has 0 amide bonds. The van der Waals surface area contributed by atoms with E-state index in [1.165, 1.54) is 12.7 Å². The summed E-state index contributed by atoms with van der Waals surface area (Å²) in [6.45, 7) is 4.06. The molecule has 0 aromatic heterocycles. The highest BCUT2D eigenvalue weighted by Crippen LogP contribution is 2.19. The van der Waals surface area contributed by atoms with Gasteiger partial charge in [0.25, 0.3) is 0 Å². The summed E-state index contributed by atoms with van der Waals surface area (Å²) in [5, 5.41) is 6.59. The predicted octanol–water partition coefficient (Wildman–Crippen LogP) is 3.90. The summed E-state index contributed by atoms with van der Waals surface area (Å²) in [6.07, 6.45) is 0. The van der Waals surface area contributed by atoms with Crippen molar-refractivity contribution in [2.45, 2.75) is 13.8 Å². The second-order valence-electron chi connectivity index (χ2n) is 4.93. The van der Waals surface area contributed by atoms with Crippen LogP contribution >= 0.6 is 12.2 Å². The second kappa shape index (κ2) is 7.04. The summed E-state index contributed by atoms with van der Waals surface area (Å²) in [6, 6.07) is 13.1. The van der Waals surface area contributed by atoms with Crippen LogP contribution in [0.15, 0.2) is 42.5 Å². The van der Waals surface area contributed by atoms with Crippen molar-refractivity contribution in [1.82, 2.24) is 0 Å². The van der Waals surface area contributed by atoms with Gasteiger partial charge >= 0.3 is 5.97 Å². The van der Waals surface area contributed by atoms with Gasteiger partial charge in [-0.25, -0.2) is 4.79 Å². The molecule has 114 valence electrons. The van der Waals surface area contributed by atoms with Gasteiger partial charge in [0, 0.05) is 5.69 Å². The molecule has 22 heavy (non-hydrogen) atoms. The number of para-hydroxylation sites is 1. The Labute approximate surface area is 135 Å². The van der Waals surface area contributed by atoms with Gasteiger partial charge in [-0.2, -0.15) is 0 Å². The van der Waals surface area contributed by atoms with E-state index in [1.54, 1.807) is 18.2 Å². The Balaban J connectivity index is 2.14.